The van der Waals surface area contributed by atoms with Gasteiger partial charge in [0.1, 0.15) is 29.9 Å². The van der Waals surface area contributed by atoms with Crippen molar-refractivity contribution in [1.82, 2.24) is 0 Å². The molecule has 0 unspecified atom stereocenters. The summed E-state index contributed by atoms with van der Waals surface area (Å²) in [4.78, 5) is 0. The standard InChI is InChI=1S/C14H28O5S/c1-13(2,3)7-14(4,5)20-12-11(18)10(17)9(16)8(6-15)19-12/h8-12,15-18H,6-7H2,1-5H3/t8-,9-,10+,11-,12+/m1/s1. The van der Waals surface area contributed by atoms with Crippen molar-refractivity contribution in [3.05, 3.63) is 0 Å². The number of hydrogen-bond acceptors (Lipinski definition) is 6. The van der Waals surface area contributed by atoms with E-state index >= 15 is 0 Å². The van der Waals surface area contributed by atoms with Crippen molar-refractivity contribution >= 4 is 11.8 Å². The molecular weight excluding hydrogens is 280 g/mol. The fourth-order valence-electron chi connectivity index (χ4n) is 2.80. The van der Waals surface area contributed by atoms with Crippen LogP contribution in [0.15, 0.2) is 0 Å². The van der Waals surface area contributed by atoms with Gasteiger partial charge in [0.05, 0.1) is 6.61 Å². The molecule has 1 heterocycles. The van der Waals surface area contributed by atoms with Gasteiger partial charge in [-0.05, 0) is 11.8 Å². The van der Waals surface area contributed by atoms with Gasteiger partial charge in [0.2, 0.25) is 0 Å². The van der Waals surface area contributed by atoms with Gasteiger partial charge in [-0.1, -0.05) is 34.6 Å². The molecule has 5 nitrogen and oxygen atoms in total. The second-order valence-corrected chi connectivity index (χ2v) is 9.12. The molecule has 120 valence electrons. The first-order chi connectivity index (χ1) is 8.97. The quantitative estimate of drug-likeness (QED) is 0.612. The van der Waals surface area contributed by atoms with Crippen molar-refractivity contribution in [3.63, 3.8) is 0 Å². The van der Waals surface area contributed by atoms with Crippen molar-refractivity contribution in [1.29, 1.82) is 0 Å². The first kappa shape index (κ1) is 18.2. The second kappa shape index (κ2) is 6.50. The Morgan fingerprint density at radius 3 is 1.95 bits per heavy atom. The lowest BCUT2D eigenvalue weighted by Crippen LogP contribution is -2.58. The highest BCUT2D eigenvalue weighted by Gasteiger charge is 2.45. The normalized spacial score (nSPS) is 36.1. The molecule has 20 heavy (non-hydrogen) atoms. The Labute approximate surface area is 125 Å². The first-order valence-electron chi connectivity index (χ1n) is 6.95. The van der Waals surface area contributed by atoms with Gasteiger partial charge in [-0.25, -0.2) is 0 Å². The highest BCUT2D eigenvalue weighted by molar-refractivity contribution is 8.01. The van der Waals surface area contributed by atoms with Crippen LogP contribution < -0.4 is 0 Å². The molecule has 5 atom stereocenters. The van der Waals surface area contributed by atoms with Gasteiger partial charge in [-0.3, -0.25) is 0 Å². The van der Waals surface area contributed by atoms with Crippen LogP contribution in [-0.4, -0.2) is 61.6 Å². The third-order valence-electron chi connectivity index (χ3n) is 3.24. The largest absolute Gasteiger partial charge is 0.394 e. The van der Waals surface area contributed by atoms with Crippen molar-refractivity contribution in [2.24, 2.45) is 5.41 Å². The van der Waals surface area contributed by atoms with Crippen molar-refractivity contribution in [2.75, 3.05) is 6.61 Å². The summed E-state index contributed by atoms with van der Waals surface area (Å²) in [5.74, 6) is 0. The van der Waals surface area contributed by atoms with Crippen LogP contribution in [0.3, 0.4) is 0 Å². The van der Waals surface area contributed by atoms with Gasteiger partial charge < -0.3 is 25.2 Å². The number of rotatable bonds is 4. The zero-order valence-electron chi connectivity index (χ0n) is 12.9. The molecular formula is C14H28O5S. The van der Waals surface area contributed by atoms with E-state index in [-0.39, 0.29) is 16.8 Å². The van der Waals surface area contributed by atoms with E-state index in [0.29, 0.717) is 0 Å². The van der Waals surface area contributed by atoms with Crippen LogP contribution in [0.2, 0.25) is 0 Å². The van der Waals surface area contributed by atoms with Gasteiger partial charge in [-0.15, -0.1) is 11.8 Å². The van der Waals surface area contributed by atoms with Crippen LogP contribution in [-0.2, 0) is 4.74 Å². The summed E-state index contributed by atoms with van der Waals surface area (Å²) in [6.07, 6.45) is -3.70. The maximum absolute atomic E-state index is 10.0. The Morgan fingerprint density at radius 2 is 1.50 bits per heavy atom. The molecule has 1 aliphatic heterocycles. The van der Waals surface area contributed by atoms with E-state index in [4.69, 9.17) is 4.74 Å². The van der Waals surface area contributed by atoms with Crippen molar-refractivity contribution in [2.45, 2.75) is 75.6 Å². The van der Waals surface area contributed by atoms with E-state index in [0.717, 1.165) is 6.42 Å². The summed E-state index contributed by atoms with van der Waals surface area (Å²) in [6, 6.07) is 0. The predicted octanol–water partition coefficient (Wildman–Crippen LogP) is 0.734. The number of ether oxygens (including phenoxy) is 1. The molecule has 0 radical (unpaired) electrons. The highest BCUT2D eigenvalue weighted by Crippen LogP contribution is 2.42. The van der Waals surface area contributed by atoms with E-state index in [1.807, 2.05) is 0 Å². The van der Waals surface area contributed by atoms with Crippen LogP contribution in [0.1, 0.15) is 41.0 Å². The number of aliphatic hydroxyl groups is 4. The Balaban J connectivity index is 2.75. The van der Waals surface area contributed by atoms with Gasteiger partial charge in [0, 0.05) is 4.75 Å². The first-order valence-corrected chi connectivity index (χ1v) is 7.83. The third-order valence-corrected chi connectivity index (χ3v) is 4.64. The van der Waals surface area contributed by atoms with Gasteiger partial charge in [0.25, 0.3) is 0 Å². The lowest BCUT2D eigenvalue weighted by atomic mass is 9.86. The summed E-state index contributed by atoms with van der Waals surface area (Å²) in [7, 11) is 0. The molecule has 0 aromatic heterocycles. The van der Waals surface area contributed by atoms with Crippen LogP contribution in [0, 0.1) is 5.41 Å². The van der Waals surface area contributed by atoms with E-state index in [1.54, 1.807) is 0 Å². The van der Waals surface area contributed by atoms with Crippen molar-refractivity contribution in [3.8, 4) is 0 Å². The minimum absolute atomic E-state index is 0.130. The van der Waals surface area contributed by atoms with Gasteiger partial charge in [0.15, 0.2) is 0 Å². The van der Waals surface area contributed by atoms with E-state index in [1.165, 1.54) is 11.8 Å². The molecule has 0 amide bonds. The average molecular weight is 308 g/mol. The molecule has 1 aliphatic rings. The maximum atomic E-state index is 10.0. The predicted molar refractivity (Wildman–Crippen MR) is 79.5 cm³/mol. The fourth-order valence-corrected chi connectivity index (χ4v) is 4.44. The molecule has 0 spiro atoms. The number of thioether (sulfide) groups is 1. The third kappa shape index (κ3) is 4.86. The summed E-state index contributed by atoms with van der Waals surface area (Å²) in [5, 5.41) is 38.8. The van der Waals surface area contributed by atoms with Gasteiger partial charge in [-0.2, -0.15) is 0 Å². The smallest absolute Gasteiger partial charge is 0.132 e. The zero-order valence-corrected chi connectivity index (χ0v) is 13.7. The van der Waals surface area contributed by atoms with Crippen LogP contribution in [0.4, 0.5) is 0 Å². The zero-order chi connectivity index (χ0) is 15.7. The molecule has 0 bridgehead atoms. The number of hydrogen-bond donors (Lipinski definition) is 4. The lowest BCUT2D eigenvalue weighted by molar-refractivity contribution is -0.205. The summed E-state index contributed by atoms with van der Waals surface area (Å²) in [5.41, 5.74) is -0.534. The Bertz CT molecular complexity index is 313. The summed E-state index contributed by atoms with van der Waals surface area (Å²) in [6.45, 7) is 10.2. The van der Waals surface area contributed by atoms with E-state index < -0.39 is 29.9 Å². The second-order valence-electron chi connectivity index (χ2n) is 7.31. The minimum Gasteiger partial charge on any atom is -0.394 e. The molecule has 0 saturated carbocycles. The lowest BCUT2D eigenvalue weighted by Gasteiger charge is -2.43. The average Bonchev–Trinajstić information content (AvgIpc) is 2.26. The molecule has 0 aromatic carbocycles. The maximum Gasteiger partial charge on any atom is 0.132 e. The molecule has 1 fully saturated rings. The molecule has 4 N–H and O–H groups in total. The fraction of sp³-hybridized carbons (Fsp3) is 1.00. The Hall–Kier alpha value is 0.150. The minimum atomic E-state index is -1.30. The van der Waals surface area contributed by atoms with E-state index in [2.05, 4.69) is 34.6 Å². The summed E-state index contributed by atoms with van der Waals surface area (Å²) >= 11 is 1.43. The SMILES string of the molecule is CC(C)(C)CC(C)(C)S[C@@H]1O[C@H](CO)[C@@H](O)[C@H](O)[C@H]1O. The topological polar surface area (TPSA) is 90.2 Å². The monoisotopic (exact) mass is 308 g/mol. The molecule has 1 saturated heterocycles. The van der Waals surface area contributed by atoms with Crippen molar-refractivity contribution < 1.29 is 25.2 Å². The molecule has 0 aromatic rings. The van der Waals surface area contributed by atoms with Crippen LogP contribution in [0.25, 0.3) is 0 Å². The van der Waals surface area contributed by atoms with E-state index in [9.17, 15) is 20.4 Å². The Kier molecular flexibility index (Phi) is 5.92. The van der Waals surface area contributed by atoms with Gasteiger partial charge >= 0.3 is 0 Å². The van der Waals surface area contributed by atoms with Crippen LogP contribution >= 0.6 is 11.8 Å². The van der Waals surface area contributed by atoms with Crippen LogP contribution in [0.5, 0.6) is 0 Å². The highest BCUT2D eigenvalue weighted by atomic mass is 32.2. The molecule has 1 rings (SSSR count). The summed E-state index contributed by atoms with van der Waals surface area (Å²) < 4.78 is 5.37. The molecule has 0 aliphatic carbocycles. The Morgan fingerprint density at radius 1 is 0.950 bits per heavy atom. The number of aliphatic hydroxyl groups excluding tert-OH is 4. The molecule has 6 heteroatoms.